The highest BCUT2D eigenvalue weighted by Crippen LogP contribution is 2.29. The molecule has 0 aliphatic carbocycles. The van der Waals surface area contributed by atoms with E-state index >= 15 is 0 Å². The normalized spacial score (nSPS) is 12.7. The summed E-state index contributed by atoms with van der Waals surface area (Å²) in [6.07, 6.45) is 1.02. The summed E-state index contributed by atoms with van der Waals surface area (Å²) in [5.74, 6) is 0. The van der Waals surface area contributed by atoms with Crippen LogP contribution in [0.5, 0.6) is 0 Å². The summed E-state index contributed by atoms with van der Waals surface area (Å²) < 4.78 is 0. The molecule has 2 aromatic carbocycles. The van der Waals surface area contributed by atoms with Crippen molar-refractivity contribution in [1.29, 1.82) is 0 Å². The highest BCUT2D eigenvalue weighted by Gasteiger charge is 2.14. The highest BCUT2D eigenvalue weighted by molar-refractivity contribution is 7.14. The lowest BCUT2D eigenvalue weighted by Gasteiger charge is -2.08. The lowest BCUT2D eigenvalue weighted by Crippen LogP contribution is -2.14. The van der Waals surface area contributed by atoms with Gasteiger partial charge in [-0.1, -0.05) is 54.7 Å². The van der Waals surface area contributed by atoms with Gasteiger partial charge in [-0.25, -0.2) is 0 Å². The molecule has 0 spiro atoms. The highest BCUT2D eigenvalue weighted by atomic mass is 32.1. The minimum Gasteiger partial charge on any atom is -0.311 e. The van der Waals surface area contributed by atoms with Crippen molar-refractivity contribution in [3.05, 3.63) is 47.5 Å². The minimum atomic E-state index is 0.293. The number of hydrogen-bond acceptors (Lipinski definition) is 4. The molecule has 20 heavy (non-hydrogen) atoms. The molecule has 1 unspecified atom stereocenters. The van der Waals surface area contributed by atoms with Crippen molar-refractivity contribution in [1.82, 2.24) is 15.5 Å². The van der Waals surface area contributed by atoms with E-state index in [1.165, 1.54) is 10.8 Å². The van der Waals surface area contributed by atoms with Crippen molar-refractivity contribution in [2.75, 3.05) is 7.05 Å². The predicted molar refractivity (Wildman–Crippen MR) is 84.9 cm³/mol. The lowest BCUT2D eigenvalue weighted by molar-refractivity contribution is 0.568. The Balaban J connectivity index is 1.98. The molecular weight excluding hydrogens is 266 g/mol. The van der Waals surface area contributed by atoms with Crippen LogP contribution in [-0.2, 0) is 0 Å². The third-order valence-electron chi connectivity index (χ3n) is 3.49. The Morgan fingerprint density at radius 1 is 1.10 bits per heavy atom. The van der Waals surface area contributed by atoms with Crippen LogP contribution in [-0.4, -0.2) is 17.2 Å². The average molecular weight is 283 g/mol. The number of fused-ring (bicyclic) bond motifs is 1. The Hall–Kier alpha value is -1.78. The van der Waals surface area contributed by atoms with Gasteiger partial charge in [0.05, 0.1) is 6.04 Å². The van der Waals surface area contributed by atoms with Gasteiger partial charge < -0.3 is 5.32 Å². The minimum absolute atomic E-state index is 0.293. The second-order valence-corrected chi connectivity index (χ2v) is 5.77. The van der Waals surface area contributed by atoms with E-state index in [4.69, 9.17) is 0 Å². The summed E-state index contributed by atoms with van der Waals surface area (Å²) in [6, 6.07) is 15.1. The lowest BCUT2D eigenvalue weighted by atomic mass is 10.1. The quantitative estimate of drug-likeness (QED) is 0.785. The van der Waals surface area contributed by atoms with E-state index in [1.807, 2.05) is 7.05 Å². The molecule has 1 heterocycles. The van der Waals surface area contributed by atoms with Gasteiger partial charge in [-0.05, 0) is 30.3 Å². The first-order chi connectivity index (χ1) is 9.81. The second kappa shape index (κ2) is 5.69. The van der Waals surface area contributed by atoms with Crippen molar-refractivity contribution in [3.63, 3.8) is 0 Å². The molecule has 102 valence electrons. The van der Waals surface area contributed by atoms with Crippen LogP contribution in [0.3, 0.4) is 0 Å². The number of benzene rings is 2. The van der Waals surface area contributed by atoms with Gasteiger partial charge in [0.15, 0.2) is 0 Å². The zero-order valence-electron chi connectivity index (χ0n) is 11.6. The van der Waals surface area contributed by atoms with Gasteiger partial charge in [-0.15, -0.1) is 10.2 Å². The fraction of sp³-hybridized carbons (Fsp3) is 0.250. The Kier molecular flexibility index (Phi) is 3.76. The molecule has 1 aromatic heterocycles. The van der Waals surface area contributed by atoms with Gasteiger partial charge >= 0.3 is 0 Å². The summed E-state index contributed by atoms with van der Waals surface area (Å²) in [7, 11) is 1.96. The molecule has 3 nitrogen and oxygen atoms in total. The molecule has 0 saturated heterocycles. The van der Waals surface area contributed by atoms with Crippen LogP contribution in [0.2, 0.25) is 0 Å². The molecule has 0 amide bonds. The van der Waals surface area contributed by atoms with Crippen LogP contribution in [0.1, 0.15) is 24.4 Å². The van der Waals surface area contributed by atoms with Gasteiger partial charge in [0, 0.05) is 5.56 Å². The molecule has 0 bridgehead atoms. The molecule has 0 aliphatic rings. The van der Waals surface area contributed by atoms with Crippen molar-refractivity contribution >= 4 is 22.1 Å². The fourth-order valence-electron chi connectivity index (χ4n) is 2.32. The Morgan fingerprint density at radius 3 is 2.65 bits per heavy atom. The molecule has 1 N–H and O–H groups in total. The van der Waals surface area contributed by atoms with Gasteiger partial charge in [-0.2, -0.15) is 0 Å². The first kappa shape index (κ1) is 13.2. The molecule has 0 fully saturated rings. The van der Waals surface area contributed by atoms with Crippen molar-refractivity contribution in [3.8, 4) is 10.6 Å². The maximum atomic E-state index is 4.34. The molecule has 4 heteroatoms. The number of nitrogens with one attached hydrogen (secondary N) is 1. The van der Waals surface area contributed by atoms with Gasteiger partial charge in [0.25, 0.3) is 0 Å². The Labute approximate surface area is 122 Å². The topological polar surface area (TPSA) is 37.8 Å². The van der Waals surface area contributed by atoms with E-state index in [9.17, 15) is 0 Å². The van der Waals surface area contributed by atoms with Gasteiger partial charge in [-0.3, -0.25) is 0 Å². The van der Waals surface area contributed by atoms with Crippen LogP contribution in [0, 0.1) is 0 Å². The van der Waals surface area contributed by atoms with E-state index < -0.39 is 0 Å². The third kappa shape index (κ3) is 2.44. The summed E-state index contributed by atoms with van der Waals surface area (Å²) in [5, 5.41) is 16.5. The molecule has 3 rings (SSSR count). The SMILES string of the molecule is CCC(NC)c1nnc(-c2ccc3ccccc3c2)s1. The number of rotatable bonds is 4. The Bertz CT molecular complexity index is 716. The second-order valence-electron chi connectivity index (χ2n) is 4.76. The number of hydrogen-bond donors (Lipinski definition) is 1. The zero-order valence-corrected chi connectivity index (χ0v) is 12.4. The first-order valence-corrected chi connectivity index (χ1v) is 7.63. The van der Waals surface area contributed by atoms with Gasteiger partial charge in [0.2, 0.25) is 0 Å². The molecule has 0 radical (unpaired) electrons. The van der Waals surface area contributed by atoms with Crippen molar-refractivity contribution < 1.29 is 0 Å². The Morgan fingerprint density at radius 2 is 1.90 bits per heavy atom. The number of nitrogens with zero attached hydrogens (tertiary/aromatic N) is 2. The van der Waals surface area contributed by atoms with Crippen LogP contribution in [0.15, 0.2) is 42.5 Å². The van der Waals surface area contributed by atoms with Crippen LogP contribution < -0.4 is 5.32 Å². The third-order valence-corrected chi connectivity index (χ3v) is 4.58. The molecule has 0 aliphatic heterocycles. The van der Waals surface area contributed by atoms with Gasteiger partial charge in [0.1, 0.15) is 10.0 Å². The van der Waals surface area contributed by atoms with Crippen LogP contribution >= 0.6 is 11.3 Å². The van der Waals surface area contributed by atoms with E-state index in [0.717, 1.165) is 22.0 Å². The van der Waals surface area contributed by atoms with E-state index in [0.29, 0.717) is 6.04 Å². The van der Waals surface area contributed by atoms with E-state index in [1.54, 1.807) is 11.3 Å². The zero-order chi connectivity index (χ0) is 13.9. The van der Waals surface area contributed by atoms with Crippen LogP contribution in [0.4, 0.5) is 0 Å². The summed E-state index contributed by atoms with van der Waals surface area (Å²) in [5.41, 5.74) is 1.14. The predicted octanol–water partition coefficient (Wildman–Crippen LogP) is 4.03. The number of aromatic nitrogens is 2. The standard InChI is InChI=1S/C16H17N3S/c1-3-14(17-2)16-19-18-15(20-16)13-9-8-11-6-4-5-7-12(11)10-13/h4-10,14,17H,3H2,1-2H3. The summed E-state index contributed by atoms with van der Waals surface area (Å²) >= 11 is 1.67. The van der Waals surface area contributed by atoms with Crippen molar-refractivity contribution in [2.24, 2.45) is 0 Å². The average Bonchev–Trinajstić information content (AvgIpc) is 2.98. The summed E-state index contributed by atoms with van der Waals surface area (Å²) in [6.45, 7) is 2.15. The molecule has 3 aromatic rings. The van der Waals surface area contributed by atoms with Crippen molar-refractivity contribution in [2.45, 2.75) is 19.4 Å². The first-order valence-electron chi connectivity index (χ1n) is 6.81. The smallest absolute Gasteiger partial charge is 0.147 e. The fourth-order valence-corrected chi connectivity index (χ4v) is 3.35. The molecule has 1 atom stereocenters. The molecular formula is C16H17N3S. The molecule has 0 saturated carbocycles. The van der Waals surface area contributed by atoms with E-state index in [-0.39, 0.29) is 0 Å². The largest absolute Gasteiger partial charge is 0.311 e. The maximum absolute atomic E-state index is 4.34. The van der Waals surface area contributed by atoms with E-state index in [2.05, 4.69) is 64.9 Å². The summed E-state index contributed by atoms with van der Waals surface area (Å²) in [4.78, 5) is 0. The van der Waals surface area contributed by atoms with Crippen LogP contribution in [0.25, 0.3) is 21.3 Å². The monoisotopic (exact) mass is 283 g/mol. The maximum Gasteiger partial charge on any atom is 0.147 e.